The van der Waals surface area contributed by atoms with Gasteiger partial charge >= 0.3 is 5.97 Å². The van der Waals surface area contributed by atoms with Gasteiger partial charge in [0.05, 0.1) is 5.41 Å². The molecule has 0 spiro atoms. The molecule has 1 saturated carbocycles. The Morgan fingerprint density at radius 3 is 2.26 bits per heavy atom. The van der Waals surface area contributed by atoms with Crippen LogP contribution in [-0.2, 0) is 9.59 Å². The molecule has 1 amide bonds. The van der Waals surface area contributed by atoms with E-state index in [-0.39, 0.29) is 12.5 Å². The highest BCUT2D eigenvalue weighted by Crippen LogP contribution is 2.34. The second kappa shape index (κ2) is 5.90. The van der Waals surface area contributed by atoms with Gasteiger partial charge in [0.25, 0.3) is 0 Å². The Hall–Kier alpha value is -1.10. The first kappa shape index (κ1) is 16.0. The summed E-state index contributed by atoms with van der Waals surface area (Å²) in [6.45, 7) is 5.78. The summed E-state index contributed by atoms with van der Waals surface area (Å²) in [5.41, 5.74) is 3.73. The van der Waals surface area contributed by atoms with E-state index in [0.29, 0.717) is 18.8 Å². The largest absolute Gasteiger partial charge is 0.480 e. The molecule has 0 bridgehead atoms. The van der Waals surface area contributed by atoms with Gasteiger partial charge in [-0.2, -0.15) is 0 Å². The maximum Gasteiger partial charge on any atom is 0.329 e. The van der Waals surface area contributed by atoms with Crippen molar-refractivity contribution in [1.29, 1.82) is 0 Å². The first-order valence-corrected chi connectivity index (χ1v) is 7.03. The molecule has 5 heteroatoms. The van der Waals surface area contributed by atoms with Crippen LogP contribution in [0, 0.1) is 11.3 Å². The smallest absolute Gasteiger partial charge is 0.329 e. The minimum absolute atomic E-state index is 0.201. The molecule has 5 nitrogen and oxygen atoms in total. The lowest BCUT2D eigenvalue weighted by atomic mass is 9.75. The number of carbonyl (C=O) groups excluding carboxylic acids is 1. The first-order valence-electron chi connectivity index (χ1n) is 7.03. The summed E-state index contributed by atoms with van der Waals surface area (Å²) < 4.78 is 0. The van der Waals surface area contributed by atoms with Crippen molar-refractivity contribution >= 4 is 11.9 Å². The van der Waals surface area contributed by atoms with E-state index < -0.39 is 16.9 Å². The molecule has 1 fully saturated rings. The third-order valence-corrected chi connectivity index (χ3v) is 4.42. The maximum absolute atomic E-state index is 12.2. The van der Waals surface area contributed by atoms with Gasteiger partial charge in [0.1, 0.15) is 5.54 Å². The lowest BCUT2D eigenvalue weighted by molar-refractivity contribution is -0.151. The second-order valence-electron chi connectivity index (χ2n) is 6.28. The normalized spacial score (nSPS) is 27.9. The number of hydrogen-bond donors (Lipinski definition) is 3. The summed E-state index contributed by atoms with van der Waals surface area (Å²) in [6.07, 6.45) is 3.79. The Morgan fingerprint density at radius 2 is 1.89 bits per heavy atom. The summed E-state index contributed by atoms with van der Waals surface area (Å²) in [5, 5.41) is 12.2. The molecule has 0 unspecified atom stereocenters. The molecular formula is C14H26N2O3. The molecule has 19 heavy (non-hydrogen) atoms. The van der Waals surface area contributed by atoms with Gasteiger partial charge in [-0.3, -0.25) is 4.79 Å². The number of hydrogen-bond acceptors (Lipinski definition) is 3. The molecule has 4 N–H and O–H groups in total. The maximum atomic E-state index is 12.2. The SMILES string of the molecule is CCC1CCC(NC(=O)C(C)(C)CN)(C(=O)O)CC1. The van der Waals surface area contributed by atoms with Gasteiger partial charge in [-0.15, -0.1) is 0 Å². The van der Waals surface area contributed by atoms with Gasteiger partial charge in [0, 0.05) is 6.54 Å². The number of nitrogens with one attached hydrogen (secondary N) is 1. The Kier molecular flexibility index (Phi) is 4.96. The van der Waals surface area contributed by atoms with Crippen molar-refractivity contribution in [3.05, 3.63) is 0 Å². The summed E-state index contributed by atoms with van der Waals surface area (Å²) in [7, 11) is 0. The quantitative estimate of drug-likeness (QED) is 0.706. The summed E-state index contributed by atoms with van der Waals surface area (Å²) in [5.74, 6) is -0.623. The van der Waals surface area contributed by atoms with Crippen LogP contribution in [0.15, 0.2) is 0 Å². The van der Waals surface area contributed by atoms with E-state index in [0.717, 1.165) is 19.3 Å². The molecule has 0 radical (unpaired) electrons. The average Bonchev–Trinajstić information content (AvgIpc) is 2.39. The van der Waals surface area contributed by atoms with Crippen LogP contribution >= 0.6 is 0 Å². The van der Waals surface area contributed by atoms with E-state index in [9.17, 15) is 14.7 Å². The Balaban J connectivity index is 2.80. The van der Waals surface area contributed by atoms with Crippen molar-refractivity contribution in [2.45, 2.75) is 58.4 Å². The zero-order chi connectivity index (χ0) is 14.7. The first-order chi connectivity index (χ1) is 8.77. The van der Waals surface area contributed by atoms with Crippen molar-refractivity contribution < 1.29 is 14.7 Å². The minimum Gasteiger partial charge on any atom is -0.480 e. The minimum atomic E-state index is -1.10. The number of carbonyl (C=O) groups is 2. The van der Waals surface area contributed by atoms with Crippen LogP contribution in [0.5, 0.6) is 0 Å². The van der Waals surface area contributed by atoms with Crippen molar-refractivity contribution in [1.82, 2.24) is 5.32 Å². The number of carboxylic acids is 1. The van der Waals surface area contributed by atoms with E-state index in [1.807, 2.05) is 0 Å². The predicted octanol–water partition coefficient (Wildman–Crippen LogP) is 1.51. The summed E-state index contributed by atoms with van der Waals surface area (Å²) >= 11 is 0. The Morgan fingerprint density at radius 1 is 1.37 bits per heavy atom. The molecule has 0 aromatic heterocycles. The monoisotopic (exact) mass is 270 g/mol. The van der Waals surface area contributed by atoms with Crippen LogP contribution in [0.3, 0.4) is 0 Å². The van der Waals surface area contributed by atoms with E-state index in [2.05, 4.69) is 12.2 Å². The van der Waals surface area contributed by atoms with Crippen molar-refractivity contribution in [2.24, 2.45) is 17.1 Å². The number of rotatable bonds is 5. The fraction of sp³-hybridized carbons (Fsp3) is 0.857. The molecule has 0 heterocycles. The molecule has 0 aliphatic heterocycles. The summed E-state index contributed by atoms with van der Waals surface area (Å²) in [4.78, 5) is 23.7. The van der Waals surface area contributed by atoms with Crippen molar-refractivity contribution in [3.8, 4) is 0 Å². The molecular weight excluding hydrogens is 244 g/mol. The van der Waals surface area contributed by atoms with Gasteiger partial charge < -0.3 is 16.2 Å². The standard InChI is InChI=1S/C14H26N2O3/c1-4-10-5-7-14(8-6-10,12(18)19)16-11(17)13(2,3)9-15/h10H,4-9,15H2,1-3H3,(H,16,17)(H,18,19). The molecule has 0 saturated heterocycles. The van der Waals surface area contributed by atoms with Crippen molar-refractivity contribution in [2.75, 3.05) is 6.54 Å². The highest BCUT2D eigenvalue weighted by molar-refractivity contribution is 5.89. The van der Waals surface area contributed by atoms with Crippen LogP contribution < -0.4 is 11.1 Å². The zero-order valence-corrected chi connectivity index (χ0v) is 12.2. The van der Waals surface area contributed by atoms with E-state index in [1.165, 1.54) is 0 Å². The van der Waals surface area contributed by atoms with E-state index in [1.54, 1.807) is 13.8 Å². The highest BCUT2D eigenvalue weighted by atomic mass is 16.4. The van der Waals surface area contributed by atoms with Crippen molar-refractivity contribution in [3.63, 3.8) is 0 Å². The number of aliphatic carboxylic acids is 1. The molecule has 1 aliphatic carbocycles. The summed E-state index contributed by atoms with van der Waals surface area (Å²) in [6, 6.07) is 0. The van der Waals surface area contributed by atoms with Gasteiger partial charge in [-0.1, -0.05) is 13.3 Å². The molecule has 0 atom stereocenters. The molecule has 0 aromatic carbocycles. The topological polar surface area (TPSA) is 92.4 Å². The van der Waals surface area contributed by atoms with Gasteiger partial charge in [-0.05, 0) is 45.4 Å². The third kappa shape index (κ3) is 3.47. The number of nitrogens with two attached hydrogens (primary N) is 1. The van der Waals surface area contributed by atoms with Crippen LogP contribution in [0.4, 0.5) is 0 Å². The van der Waals surface area contributed by atoms with Crippen LogP contribution in [0.25, 0.3) is 0 Å². The predicted molar refractivity (Wildman–Crippen MR) is 73.6 cm³/mol. The zero-order valence-electron chi connectivity index (χ0n) is 12.2. The van der Waals surface area contributed by atoms with Gasteiger partial charge in [-0.25, -0.2) is 4.79 Å². The lowest BCUT2D eigenvalue weighted by Gasteiger charge is -2.39. The van der Waals surface area contributed by atoms with Crippen LogP contribution in [0.1, 0.15) is 52.9 Å². The Labute approximate surface area is 114 Å². The van der Waals surface area contributed by atoms with Gasteiger partial charge in [0.2, 0.25) is 5.91 Å². The fourth-order valence-corrected chi connectivity index (χ4v) is 2.45. The fourth-order valence-electron chi connectivity index (χ4n) is 2.45. The average molecular weight is 270 g/mol. The number of carboxylic acid groups (broad SMARTS) is 1. The van der Waals surface area contributed by atoms with Crippen LogP contribution in [0.2, 0.25) is 0 Å². The highest BCUT2D eigenvalue weighted by Gasteiger charge is 2.44. The second-order valence-corrected chi connectivity index (χ2v) is 6.28. The molecule has 1 aliphatic rings. The molecule has 0 aromatic rings. The van der Waals surface area contributed by atoms with E-state index >= 15 is 0 Å². The Bertz CT molecular complexity index is 345. The van der Waals surface area contributed by atoms with Crippen LogP contribution in [-0.4, -0.2) is 29.1 Å². The third-order valence-electron chi connectivity index (χ3n) is 4.42. The molecule has 110 valence electrons. The van der Waals surface area contributed by atoms with Gasteiger partial charge in [0.15, 0.2) is 0 Å². The van der Waals surface area contributed by atoms with E-state index in [4.69, 9.17) is 5.73 Å². The molecule has 1 rings (SSSR count). The lowest BCUT2D eigenvalue weighted by Crippen LogP contribution is -2.59. The number of amides is 1.